The maximum atomic E-state index is 12.8. The summed E-state index contributed by atoms with van der Waals surface area (Å²) >= 11 is 0. The molecule has 2 fully saturated rings. The first-order valence-corrected chi connectivity index (χ1v) is 7.74. The zero-order valence-corrected chi connectivity index (χ0v) is 12.0. The number of carbonyl (C=O) groups is 1. The molecule has 1 aliphatic heterocycles. The van der Waals surface area contributed by atoms with Crippen LogP contribution in [0.15, 0.2) is 0 Å². The zero-order valence-electron chi connectivity index (χ0n) is 12.0. The molecule has 0 aromatic carbocycles. The molecule has 1 aliphatic carbocycles. The van der Waals surface area contributed by atoms with Crippen LogP contribution in [0, 0.1) is 5.41 Å². The lowest BCUT2D eigenvalue weighted by molar-refractivity contribution is -0.142. The first-order chi connectivity index (χ1) is 8.72. The van der Waals surface area contributed by atoms with Gasteiger partial charge in [-0.05, 0) is 45.6 Å². The predicted octanol–water partition coefficient (Wildman–Crippen LogP) is 2.56. The van der Waals surface area contributed by atoms with Gasteiger partial charge >= 0.3 is 0 Å². The topological polar surface area (TPSA) is 32.3 Å². The average molecular weight is 252 g/mol. The van der Waals surface area contributed by atoms with Gasteiger partial charge in [-0.2, -0.15) is 0 Å². The van der Waals surface area contributed by atoms with E-state index in [-0.39, 0.29) is 5.41 Å². The fourth-order valence-corrected chi connectivity index (χ4v) is 3.64. The highest BCUT2D eigenvalue weighted by atomic mass is 16.2. The van der Waals surface area contributed by atoms with E-state index in [0.717, 1.165) is 38.9 Å². The molecule has 3 heteroatoms. The second-order valence-electron chi connectivity index (χ2n) is 5.98. The Kier molecular flexibility index (Phi) is 4.66. The van der Waals surface area contributed by atoms with E-state index in [2.05, 4.69) is 24.1 Å². The lowest BCUT2D eigenvalue weighted by atomic mass is 9.81. The van der Waals surface area contributed by atoms with Gasteiger partial charge in [0.05, 0.1) is 0 Å². The third-order valence-electron chi connectivity index (χ3n) is 4.96. The van der Waals surface area contributed by atoms with Gasteiger partial charge in [0.25, 0.3) is 0 Å². The Morgan fingerprint density at radius 1 is 1.28 bits per heavy atom. The molecule has 1 unspecified atom stereocenters. The third kappa shape index (κ3) is 2.71. The van der Waals surface area contributed by atoms with Gasteiger partial charge in [0.2, 0.25) is 5.91 Å². The van der Waals surface area contributed by atoms with Crippen LogP contribution in [0.1, 0.15) is 58.8 Å². The molecular weight excluding hydrogens is 224 g/mol. The van der Waals surface area contributed by atoms with Crippen molar-refractivity contribution in [2.24, 2.45) is 5.41 Å². The molecule has 0 radical (unpaired) electrons. The van der Waals surface area contributed by atoms with Gasteiger partial charge in [-0.1, -0.05) is 19.8 Å². The molecule has 104 valence electrons. The normalized spacial score (nSPS) is 26.4. The van der Waals surface area contributed by atoms with Crippen LogP contribution in [0.2, 0.25) is 0 Å². The van der Waals surface area contributed by atoms with Crippen LogP contribution in [0.25, 0.3) is 0 Å². The summed E-state index contributed by atoms with van der Waals surface area (Å²) in [6.07, 6.45) is 8.18. The SMILES string of the molecule is CCN(CC1CCCN1)C(=O)C1(CC)CCCC1. The van der Waals surface area contributed by atoms with Crippen LogP contribution < -0.4 is 5.32 Å². The van der Waals surface area contributed by atoms with E-state index in [0.29, 0.717) is 11.9 Å². The molecule has 0 bridgehead atoms. The van der Waals surface area contributed by atoms with Crippen LogP contribution in [-0.2, 0) is 4.79 Å². The minimum Gasteiger partial charge on any atom is -0.341 e. The van der Waals surface area contributed by atoms with Crippen molar-refractivity contribution in [3.63, 3.8) is 0 Å². The number of nitrogens with zero attached hydrogens (tertiary/aromatic N) is 1. The number of carbonyl (C=O) groups excluding carboxylic acids is 1. The minimum atomic E-state index is -0.0192. The summed E-state index contributed by atoms with van der Waals surface area (Å²) in [7, 11) is 0. The molecule has 1 amide bonds. The fourth-order valence-electron chi connectivity index (χ4n) is 3.64. The van der Waals surface area contributed by atoms with Crippen molar-refractivity contribution >= 4 is 5.91 Å². The number of nitrogens with one attached hydrogen (secondary N) is 1. The Morgan fingerprint density at radius 3 is 2.50 bits per heavy atom. The van der Waals surface area contributed by atoms with E-state index in [1.807, 2.05) is 0 Å². The molecule has 0 aromatic rings. The summed E-state index contributed by atoms with van der Waals surface area (Å²) in [5.74, 6) is 0.429. The molecule has 1 N–H and O–H groups in total. The van der Waals surface area contributed by atoms with E-state index < -0.39 is 0 Å². The highest BCUT2D eigenvalue weighted by Gasteiger charge is 2.41. The monoisotopic (exact) mass is 252 g/mol. The number of likely N-dealkylation sites (N-methyl/N-ethyl adjacent to an activating group) is 1. The average Bonchev–Trinajstić information content (AvgIpc) is 3.06. The van der Waals surface area contributed by atoms with Crippen molar-refractivity contribution in [1.82, 2.24) is 10.2 Å². The second-order valence-corrected chi connectivity index (χ2v) is 5.98. The lowest BCUT2D eigenvalue weighted by Gasteiger charge is -2.34. The Hall–Kier alpha value is -0.570. The Bertz CT molecular complexity index is 278. The van der Waals surface area contributed by atoms with Crippen molar-refractivity contribution in [3.8, 4) is 0 Å². The van der Waals surface area contributed by atoms with Gasteiger partial charge in [-0.3, -0.25) is 4.79 Å². The summed E-state index contributed by atoms with van der Waals surface area (Å²) in [6, 6.07) is 0.532. The molecule has 0 spiro atoms. The largest absolute Gasteiger partial charge is 0.341 e. The predicted molar refractivity (Wildman–Crippen MR) is 74.5 cm³/mol. The van der Waals surface area contributed by atoms with Crippen molar-refractivity contribution in [2.45, 2.75) is 64.8 Å². The molecular formula is C15H28N2O. The summed E-state index contributed by atoms with van der Waals surface area (Å²) in [4.78, 5) is 14.9. The molecule has 2 aliphatic rings. The van der Waals surface area contributed by atoms with Gasteiger partial charge in [-0.25, -0.2) is 0 Å². The van der Waals surface area contributed by atoms with Gasteiger partial charge in [0.1, 0.15) is 0 Å². The molecule has 1 heterocycles. The van der Waals surface area contributed by atoms with Crippen molar-refractivity contribution in [2.75, 3.05) is 19.6 Å². The Morgan fingerprint density at radius 2 is 2.00 bits per heavy atom. The molecule has 1 saturated carbocycles. The maximum absolute atomic E-state index is 12.8. The van der Waals surface area contributed by atoms with Crippen LogP contribution in [0.5, 0.6) is 0 Å². The molecule has 0 aromatic heterocycles. The zero-order chi connectivity index (χ0) is 13.0. The van der Waals surface area contributed by atoms with Crippen molar-refractivity contribution in [1.29, 1.82) is 0 Å². The van der Waals surface area contributed by atoms with Crippen LogP contribution in [0.3, 0.4) is 0 Å². The van der Waals surface area contributed by atoms with Crippen LogP contribution >= 0.6 is 0 Å². The molecule has 1 saturated heterocycles. The minimum absolute atomic E-state index is 0.0192. The first-order valence-electron chi connectivity index (χ1n) is 7.74. The first kappa shape index (κ1) is 13.9. The van der Waals surface area contributed by atoms with Crippen LogP contribution in [-0.4, -0.2) is 36.5 Å². The lowest BCUT2D eigenvalue weighted by Crippen LogP contribution is -2.47. The summed E-state index contributed by atoms with van der Waals surface area (Å²) in [6.45, 7) is 7.20. The van der Waals surface area contributed by atoms with Gasteiger partial charge in [0.15, 0.2) is 0 Å². The summed E-state index contributed by atoms with van der Waals surface area (Å²) < 4.78 is 0. The van der Waals surface area contributed by atoms with Gasteiger partial charge in [0, 0.05) is 24.5 Å². The number of hydrogen-bond donors (Lipinski definition) is 1. The maximum Gasteiger partial charge on any atom is 0.228 e. The Balaban J connectivity index is 1.99. The van der Waals surface area contributed by atoms with Crippen molar-refractivity contribution < 1.29 is 4.79 Å². The van der Waals surface area contributed by atoms with Crippen LogP contribution in [0.4, 0.5) is 0 Å². The molecule has 2 rings (SSSR count). The summed E-state index contributed by atoms with van der Waals surface area (Å²) in [5.41, 5.74) is -0.0192. The number of hydrogen-bond acceptors (Lipinski definition) is 2. The van der Waals surface area contributed by atoms with E-state index in [9.17, 15) is 4.79 Å². The van der Waals surface area contributed by atoms with Gasteiger partial charge in [-0.15, -0.1) is 0 Å². The smallest absolute Gasteiger partial charge is 0.228 e. The fraction of sp³-hybridized carbons (Fsp3) is 0.933. The highest BCUT2D eigenvalue weighted by molar-refractivity contribution is 5.83. The van der Waals surface area contributed by atoms with E-state index >= 15 is 0 Å². The highest BCUT2D eigenvalue weighted by Crippen LogP contribution is 2.42. The number of rotatable bonds is 5. The Labute approximate surface area is 111 Å². The standard InChI is InChI=1S/C15H28N2O/c1-3-15(9-5-6-10-15)14(18)17(4-2)12-13-8-7-11-16-13/h13,16H,3-12H2,1-2H3. The third-order valence-corrected chi connectivity index (χ3v) is 4.96. The van der Waals surface area contributed by atoms with Gasteiger partial charge < -0.3 is 10.2 Å². The quantitative estimate of drug-likeness (QED) is 0.815. The van der Waals surface area contributed by atoms with Crippen molar-refractivity contribution in [3.05, 3.63) is 0 Å². The molecule has 3 nitrogen and oxygen atoms in total. The van der Waals surface area contributed by atoms with E-state index in [1.165, 1.54) is 25.7 Å². The van der Waals surface area contributed by atoms with E-state index in [4.69, 9.17) is 0 Å². The molecule has 18 heavy (non-hydrogen) atoms. The number of amides is 1. The second kappa shape index (κ2) is 6.05. The molecule has 1 atom stereocenters. The van der Waals surface area contributed by atoms with E-state index in [1.54, 1.807) is 0 Å². The summed E-state index contributed by atoms with van der Waals surface area (Å²) in [5, 5.41) is 3.50.